The lowest BCUT2D eigenvalue weighted by atomic mass is 9.95. The first-order valence-corrected chi connectivity index (χ1v) is 22.9. The van der Waals surface area contributed by atoms with E-state index in [2.05, 4.69) is 252 Å². The first-order chi connectivity index (χ1) is 33.2. The van der Waals surface area contributed by atoms with Crippen LogP contribution in [0.1, 0.15) is 0 Å². The fourth-order valence-corrected chi connectivity index (χ4v) is 10.2. The van der Waals surface area contributed by atoms with Gasteiger partial charge in [0.15, 0.2) is 0 Å². The van der Waals surface area contributed by atoms with Gasteiger partial charge in [-0.1, -0.05) is 176 Å². The lowest BCUT2D eigenvalue weighted by Crippen LogP contribution is -2.11. The van der Waals surface area contributed by atoms with Crippen molar-refractivity contribution in [3.8, 4) is 50.2 Å². The van der Waals surface area contributed by atoms with Crippen LogP contribution in [0.25, 0.3) is 105 Å². The van der Waals surface area contributed by atoms with Crippen molar-refractivity contribution < 1.29 is 4.42 Å². The second-order valence-corrected chi connectivity index (χ2v) is 17.3. The van der Waals surface area contributed by atoms with E-state index in [1.54, 1.807) is 0 Å². The highest BCUT2D eigenvalue weighted by Crippen LogP contribution is 2.44. The summed E-state index contributed by atoms with van der Waals surface area (Å²) >= 11 is 0. The smallest absolute Gasteiger partial charge is 0.136 e. The summed E-state index contributed by atoms with van der Waals surface area (Å²) in [6, 6.07) is 92.0. The van der Waals surface area contributed by atoms with Gasteiger partial charge >= 0.3 is 0 Å². The van der Waals surface area contributed by atoms with E-state index in [0.29, 0.717) is 0 Å². The Labute approximate surface area is 388 Å². The van der Waals surface area contributed by atoms with Crippen molar-refractivity contribution in [2.75, 3.05) is 4.90 Å². The lowest BCUT2D eigenvalue weighted by Gasteiger charge is -2.29. The third-order valence-corrected chi connectivity index (χ3v) is 13.4. The summed E-state index contributed by atoms with van der Waals surface area (Å²) in [7, 11) is 0. The number of benzene rings is 11. The Morgan fingerprint density at radius 2 is 0.821 bits per heavy atom. The van der Waals surface area contributed by atoms with E-state index in [4.69, 9.17) is 4.42 Å². The van der Waals surface area contributed by atoms with E-state index >= 15 is 0 Å². The minimum Gasteiger partial charge on any atom is -0.456 e. The molecule has 0 aliphatic rings. The molecule has 3 nitrogen and oxygen atoms in total. The number of fused-ring (bicyclic) bond motifs is 7. The highest BCUT2D eigenvalue weighted by Gasteiger charge is 2.20. The van der Waals surface area contributed by atoms with Crippen molar-refractivity contribution in [1.29, 1.82) is 0 Å². The topological polar surface area (TPSA) is 21.3 Å². The van der Waals surface area contributed by atoms with Crippen LogP contribution >= 0.6 is 0 Å². The quantitative estimate of drug-likeness (QED) is 0.152. The molecule has 2 heterocycles. The van der Waals surface area contributed by atoms with Crippen LogP contribution in [0.5, 0.6) is 0 Å². The molecule has 0 bridgehead atoms. The van der Waals surface area contributed by atoms with Gasteiger partial charge in [0.05, 0.1) is 16.7 Å². The zero-order chi connectivity index (χ0) is 44.3. The zero-order valence-electron chi connectivity index (χ0n) is 36.6. The summed E-state index contributed by atoms with van der Waals surface area (Å²) in [6.45, 7) is 0. The van der Waals surface area contributed by atoms with Crippen LogP contribution in [0, 0.1) is 0 Å². The normalized spacial score (nSPS) is 11.6. The Morgan fingerprint density at radius 3 is 1.58 bits per heavy atom. The van der Waals surface area contributed by atoms with Crippen LogP contribution in [-0.4, -0.2) is 4.57 Å². The molecule has 67 heavy (non-hydrogen) atoms. The summed E-state index contributed by atoms with van der Waals surface area (Å²) in [4.78, 5) is 2.40. The van der Waals surface area contributed by atoms with E-state index in [1.165, 1.54) is 54.8 Å². The Kier molecular flexibility index (Phi) is 9.17. The maximum absolute atomic E-state index is 6.34. The molecule has 3 heteroatoms. The number of anilines is 3. The molecular weight excluding hydrogens is 813 g/mol. The van der Waals surface area contributed by atoms with Crippen LogP contribution < -0.4 is 4.90 Å². The zero-order valence-corrected chi connectivity index (χ0v) is 36.6. The summed E-state index contributed by atoms with van der Waals surface area (Å²) < 4.78 is 8.71. The van der Waals surface area contributed by atoms with Crippen LogP contribution in [0.15, 0.2) is 259 Å². The summed E-state index contributed by atoms with van der Waals surface area (Å²) in [5.74, 6) is 0. The van der Waals surface area contributed by atoms with E-state index in [1.807, 2.05) is 12.1 Å². The molecule has 0 unspecified atom stereocenters. The van der Waals surface area contributed by atoms with Gasteiger partial charge in [0.1, 0.15) is 11.2 Å². The van der Waals surface area contributed by atoms with Crippen molar-refractivity contribution in [3.05, 3.63) is 255 Å². The summed E-state index contributed by atoms with van der Waals surface area (Å²) in [6.07, 6.45) is 0. The number of hydrogen-bond acceptors (Lipinski definition) is 2. The maximum atomic E-state index is 6.34. The minimum atomic E-state index is 0.887. The minimum absolute atomic E-state index is 0.887. The molecule has 13 aromatic rings. The van der Waals surface area contributed by atoms with E-state index in [-0.39, 0.29) is 0 Å². The molecule has 0 saturated carbocycles. The number of furan rings is 1. The third kappa shape index (κ3) is 6.67. The Balaban J connectivity index is 0.881. The summed E-state index contributed by atoms with van der Waals surface area (Å²) in [5.41, 5.74) is 17.9. The molecule has 0 amide bonds. The molecule has 0 N–H and O–H groups in total. The molecule has 2 aromatic heterocycles. The van der Waals surface area contributed by atoms with Gasteiger partial charge in [0.25, 0.3) is 0 Å². The molecule has 0 radical (unpaired) electrons. The monoisotopic (exact) mass is 854 g/mol. The largest absolute Gasteiger partial charge is 0.456 e. The molecule has 0 spiro atoms. The average Bonchev–Trinajstić information content (AvgIpc) is 3.95. The number of nitrogens with zero attached hydrogens (tertiary/aromatic N) is 2. The molecule has 0 aliphatic carbocycles. The molecular formula is C64H42N2O. The van der Waals surface area contributed by atoms with Gasteiger partial charge in [-0.15, -0.1) is 0 Å². The third-order valence-electron chi connectivity index (χ3n) is 13.4. The highest BCUT2D eigenvalue weighted by atomic mass is 16.3. The average molecular weight is 855 g/mol. The Hall–Kier alpha value is -8.92. The predicted molar refractivity (Wildman–Crippen MR) is 282 cm³/mol. The van der Waals surface area contributed by atoms with Crippen LogP contribution in [0.3, 0.4) is 0 Å². The molecule has 13 rings (SSSR count). The lowest BCUT2D eigenvalue weighted by molar-refractivity contribution is 0.669. The standard InChI is InChI=1S/C64H42N2O/c1-2-20-53-45(14-1)15-13-25-54(53)55-21-3-7-26-60(55)65(52-19-12-18-48(41-52)49-34-39-59-58-24-6-10-29-63(58)67-64(59)42-49)50-35-30-43(31-36-50)46-16-11-17-47(40-46)44-32-37-51(38-33-44)66-61-27-8-4-22-56(61)57-23-5-9-28-62(57)66/h1-42H. The van der Waals surface area contributed by atoms with Crippen molar-refractivity contribution >= 4 is 71.6 Å². The molecule has 0 saturated heterocycles. The molecule has 314 valence electrons. The van der Waals surface area contributed by atoms with Gasteiger partial charge in [-0.25, -0.2) is 0 Å². The molecule has 0 aliphatic heterocycles. The fraction of sp³-hybridized carbons (Fsp3) is 0. The molecule has 0 atom stereocenters. The Bertz CT molecular complexity index is 3930. The fourth-order valence-electron chi connectivity index (χ4n) is 10.2. The summed E-state index contributed by atoms with van der Waals surface area (Å²) in [5, 5.41) is 7.24. The second kappa shape index (κ2) is 16.0. The SMILES string of the molecule is c1cc(-c2ccc(N(c3cccc(-c4ccc5c(c4)oc4ccccc45)c3)c3ccccc3-c3cccc4ccccc34)cc2)cc(-c2ccc(-n3c4ccccc4c4ccccc43)cc2)c1. The maximum Gasteiger partial charge on any atom is 0.136 e. The van der Waals surface area contributed by atoms with Crippen LogP contribution in [0.2, 0.25) is 0 Å². The van der Waals surface area contributed by atoms with Crippen molar-refractivity contribution in [3.63, 3.8) is 0 Å². The predicted octanol–water partition coefficient (Wildman–Crippen LogP) is 18.0. The van der Waals surface area contributed by atoms with E-state index in [0.717, 1.165) is 66.9 Å². The Morgan fingerprint density at radius 1 is 0.299 bits per heavy atom. The number of aromatic nitrogens is 1. The van der Waals surface area contributed by atoms with E-state index in [9.17, 15) is 0 Å². The van der Waals surface area contributed by atoms with Crippen molar-refractivity contribution in [2.24, 2.45) is 0 Å². The highest BCUT2D eigenvalue weighted by molar-refractivity contribution is 6.09. The van der Waals surface area contributed by atoms with Crippen LogP contribution in [-0.2, 0) is 0 Å². The number of rotatable bonds is 8. The van der Waals surface area contributed by atoms with E-state index < -0.39 is 0 Å². The first kappa shape index (κ1) is 38.5. The number of para-hydroxylation sites is 4. The molecule has 0 fully saturated rings. The van der Waals surface area contributed by atoms with Gasteiger partial charge in [0.2, 0.25) is 0 Å². The van der Waals surface area contributed by atoms with Crippen LogP contribution in [0.4, 0.5) is 17.1 Å². The van der Waals surface area contributed by atoms with Gasteiger partial charge in [-0.05, 0) is 129 Å². The van der Waals surface area contributed by atoms with Gasteiger partial charge in [-0.3, -0.25) is 0 Å². The number of hydrogen-bond donors (Lipinski definition) is 0. The van der Waals surface area contributed by atoms with Gasteiger partial charge < -0.3 is 13.9 Å². The van der Waals surface area contributed by atoms with Gasteiger partial charge in [-0.2, -0.15) is 0 Å². The second-order valence-electron chi connectivity index (χ2n) is 17.3. The van der Waals surface area contributed by atoms with Gasteiger partial charge in [0, 0.05) is 44.2 Å². The molecule has 11 aromatic carbocycles. The van der Waals surface area contributed by atoms with Crippen molar-refractivity contribution in [2.45, 2.75) is 0 Å². The van der Waals surface area contributed by atoms with Crippen molar-refractivity contribution in [1.82, 2.24) is 4.57 Å². The first-order valence-electron chi connectivity index (χ1n) is 22.9.